The molecule has 214 valence electrons. The molecule has 1 saturated heterocycles. The summed E-state index contributed by atoms with van der Waals surface area (Å²) in [4.78, 5) is 31.3. The van der Waals surface area contributed by atoms with Gasteiger partial charge in [-0.15, -0.1) is 0 Å². The van der Waals surface area contributed by atoms with Crippen molar-refractivity contribution in [1.82, 2.24) is 0 Å². The Kier molecular flexibility index (Phi) is 15.1. The van der Waals surface area contributed by atoms with E-state index in [1.165, 1.54) is 64.7 Å². The van der Waals surface area contributed by atoms with Crippen LogP contribution in [0.4, 0.5) is 0 Å². The maximum Gasteiger partial charge on any atom is 0.306 e. The van der Waals surface area contributed by atoms with Crippen molar-refractivity contribution in [2.75, 3.05) is 0 Å². The lowest BCUT2D eigenvalue weighted by Crippen LogP contribution is -2.36. The molecular weight excluding hydrogens is 468 g/mol. The van der Waals surface area contributed by atoms with Crippen LogP contribution in [0, 0.1) is 17.8 Å². The van der Waals surface area contributed by atoms with Crippen molar-refractivity contribution in [2.45, 2.75) is 150 Å². The minimum atomic E-state index is -0.833. The average Bonchev–Trinajstić information content (AvgIpc) is 3.05. The van der Waals surface area contributed by atoms with Gasteiger partial charge in [-0.05, 0) is 83.5 Å². The highest BCUT2D eigenvalue weighted by molar-refractivity contribution is 5.70. The Morgan fingerprint density at radius 3 is 2.16 bits per heavy atom. The summed E-state index contributed by atoms with van der Waals surface area (Å²) in [7, 11) is 0. The Bertz CT molecular complexity index is 749. The second-order valence-corrected chi connectivity index (χ2v) is 11.8. The van der Waals surface area contributed by atoms with Gasteiger partial charge in [-0.2, -0.15) is 0 Å². The van der Waals surface area contributed by atoms with Crippen LogP contribution < -0.4 is 0 Å². The molecule has 1 aliphatic heterocycles. The number of aliphatic carboxylic acids is 1. The molecule has 2 aliphatic carbocycles. The standard InChI is InChI=1S/C17H28O2.C12H22O2.C2H4O2/c1-11-6-8-14(17(4,5)19-13(3)18)10-16-12(2)7-9-15(11)16;1-2-3-4-5-6-8-11-9-7-10-12(13)14-11;1-2(3)4/h11-12,14H,6-10H2,1-5H3;11H,2-10H2,1H3;1H3,(H,3,4). The molecule has 0 aromatic heterocycles. The number of carboxylic acid groups (broad SMARTS) is 1. The molecule has 0 spiro atoms. The Balaban J connectivity index is 0.000000335. The number of carbonyl (C=O) groups is 3. The molecule has 0 aromatic carbocycles. The van der Waals surface area contributed by atoms with Crippen molar-refractivity contribution in [3.8, 4) is 0 Å². The summed E-state index contributed by atoms with van der Waals surface area (Å²) in [5, 5.41) is 7.42. The number of unbranched alkanes of at least 4 members (excludes halogenated alkanes) is 4. The number of esters is 2. The summed E-state index contributed by atoms with van der Waals surface area (Å²) in [6, 6.07) is 0. The number of ether oxygens (including phenoxy) is 2. The van der Waals surface area contributed by atoms with Gasteiger partial charge in [-0.1, -0.05) is 57.6 Å². The first-order chi connectivity index (χ1) is 17.4. The van der Waals surface area contributed by atoms with Crippen LogP contribution in [-0.2, 0) is 23.9 Å². The Hall–Kier alpha value is -1.85. The molecule has 0 amide bonds. The number of hydrogen-bond acceptors (Lipinski definition) is 5. The third kappa shape index (κ3) is 13.0. The van der Waals surface area contributed by atoms with Crippen LogP contribution in [0.1, 0.15) is 138 Å². The molecule has 1 N–H and O–H groups in total. The lowest BCUT2D eigenvalue weighted by Gasteiger charge is -2.34. The fourth-order valence-corrected chi connectivity index (χ4v) is 5.92. The van der Waals surface area contributed by atoms with Crippen LogP contribution in [0.15, 0.2) is 11.1 Å². The quantitative estimate of drug-likeness (QED) is 0.197. The normalized spacial score (nSPS) is 25.4. The maximum absolute atomic E-state index is 11.3. The molecule has 37 heavy (non-hydrogen) atoms. The van der Waals surface area contributed by atoms with E-state index in [4.69, 9.17) is 19.4 Å². The Morgan fingerprint density at radius 1 is 0.946 bits per heavy atom. The van der Waals surface area contributed by atoms with Crippen molar-refractivity contribution in [2.24, 2.45) is 17.8 Å². The molecule has 0 saturated carbocycles. The van der Waals surface area contributed by atoms with Gasteiger partial charge in [0.1, 0.15) is 11.7 Å². The lowest BCUT2D eigenvalue weighted by molar-refractivity contribution is -0.159. The van der Waals surface area contributed by atoms with Gasteiger partial charge in [0, 0.05) is 26.2 Å². The van der Waals surface area contributed by atoms with Crippen LogP contribution >= 0.6 is 0 Å². The summed E-state index contributed by atoms with van der Waals surface area (Å²) in [5.41, 5.74) is 3.06. The molecule has 4 atom stereocenters. The highest BCUT2D eigenvalue weighted by atomic mass is 16.6. The van der Waals surface area contributed by atoms with Crippen molar-refractivity contribution < 1.29 is 29.0 Å². The first-order valence-electron chi connectivity index (χ1n) is 14.7. The number of cyclic esters (lactones) is 1. The van der Waals surface area contributed by atoms with E-state index < -0.39 is 5.97 Å². The SMILES string of the molecule is CC(=O)O.CC(=O)OC(C)(C)C1CCC(C)C2=C(C1)C(C)CC2.CCCCCCCC1CCCC(=O)O1. The van der Waals surface area contributed by atoms with Crippen LogP contribution in [-0.4, -0.2) is 34.7 Å². The summed E-state index contributed by atoms with van der Waals surface area (Å²) in [6.07, 6.45) is 16.7. The zero-order valence-corrected chi connectivity index (χ0v) is 24.7. The molecule has 6 heteroatoms. The largest absolute Gasteiger partial charge is 0.481 e. The van der Waals surface area contributed by atoms with E-state index in [0.717, 1.165) is 44.4 Å². The van der Waals surface area contributed by atoms with Gasteiger partial charge in [0.05, 0.1) is 0 Å². The summed E-state index contributed by atoms with van der Waals surface area (Å²) in [6.45, 7) is 13.7. The van der Waals surface area contributed by atoms with Crippen LogP contribution in [0.5, 0.6) is 0 Å². The van der Waals surface area contributed by atoms with Gasteiger partial charge in [-0.3, -0.25) is 14.4 Å². The summed E-state index contributed by atoms with van der Waals surface area (Å²) >= 11 is 0. The molecule has 1 fully saturated rings. The van der Waals surface area contributed by atoms with Crippen LogP contribution in [0.25, 0.3) is 0 Å². The third-order valence-electron chi connectivity index (χ3n) is 8.09. The van der Waals surface area contributed by atoms with Gasteiger partial charge in [-0.25, -0.2) is 0 Å². The van der Waals surface area contributed by atoms with Crippen molar-refractivity contribution in [3.63, 3.8) is 0 Å². The van der Waals surface area contributed by atoms with Crippen molar-refractivity contribution >= 4 is 17.9 Å². The van der Waals surface area contributed by atoms with Crippen LogP contribution in [0.2, 0.25) is 0 Å². The number of hydrogen-bond donors (Lipinski definition) is 1. The minimum absolute atomic E-state index is 0.00908. The second kappa shape index (κ2) is 16.9. The number of rotatable bonds is 8. The predicted molar refractivity (Wildman–Crippen MR) is 148 cm³/mol. The maximum atomic E-state index is 11.3. The third-order valence-corrected chi connectivity index (χ3v) is 8.09. The molecule has 0 radical (unpaired) electrons. The molecule has 0 aromatic rings. The number of carboxylic acids is 1. The Morgan fingerprint density at radius 2 is 1.57 bits per heavy atom. The molecule has 0 bridgehead atoms. The van der Waals surface area contributed by atoms with Crippen molar-refractivity contribution in [1.29, 1.82) is 0 Å². The van der Waals surface area contributed by atoms with E-state index in [0.29, 0.717) is 12.3 Å². The number of allylic oxidation sites excluding steroid dienone is 2. The predicted octanol–water partition coefficient (Wildman–Crippen LogP) is 8.02. The monoisotopic (exact) mass is 522 g/mol. The van der Waals surface area contributed by atoms with Crippen LogP contribution in [0.3, 0.4) is 0 Å². The fourth-order valence-electron chi connectivity index (χ4n) is 5.92. The molecule has 6 nitrogen and oxygen atoms in total. The Labute approximate surface area is 225 Å². The first-order valence-corrected chi connectivity index (χ1v) is 14.7. The molecule has 1 heterocycles. The fraction of sp³-hybridized carbons (Fsp3) is 0.839. The molecule has 3 aliphatic rings. The van der Waals surface area contributed by atoms with E-state index in [-0.39, 0.29) is 23.6 Å². The summed E-state index contributed by atoms with van der Waals surface area (Å²) < 4.78 is 10.8. The van der Waals surface area contributed by atoms with E-state index in [1.54, 1.807) is 11.1 Å². The van der Waals surface area contributed by atoms with E-state index >= 15 is 0 Å². The van der Waals surface area contributed by atoms with Crippen molar-refractivity contribution in [3.05, 3.63) is 11.1 Å². The smallest absolute Gasteiger partial charge is 0.306 e. The zero-order chi connectivity index (χ0) is 28.0. The van der Waals surface area contributed by atoms with Gasteiger partial charge in [0.25, 0.3) is 5.97 Å². The van der Waals surface area contributed by atoms with E-state index in [9.17, 15) is 9.59 Å². The molecular formula is C31H54O6. The highest BCUT2D eigenvalue weighted by Crippen LogP contribution is 2.46. The first kappa shape index (κ1) is 33.2. The van der Waals surface area contributed by atoms with Gasteiger partial charge >= 0.3 is 11.9 Å². The van der Waals surface area contributed by atoms with E-state index in [1.807, 2.05) is 0 Å². The van der Waals surface area contributed by atoms with Gasteiger partial charge < -0.3 is 14.6 Å². The highest BCUT2D eigenvalue weighted by Gasteiger charge is 2.38. The topological polar surface area (TPSA) is 89.9 Å². The van der Waals surface area contributed by atoms with Gasteiger partial charge in [0.2, 0.25) is 0 Å². The minimum Gasteiger partial charge on any atom is -0.481 e. The van der Waals surface area contributed by atoms with Gasteiger partial charge in [0.15, 0.2) is 0 Å². The van der Waals surface area contributed by atoms with E-state index in [2.05, 4.69) is 34.6 Å². The molecule has 3 rings (SSSR count). The lowest BCUT2D eigenvalue weighted by atomic mass is 9.81. The number of carbonyl (C=O) groups excluding carboxylic acids is 2. The average molecular weight is 523 g/mol. The molecule has 4 unspecified atom stereocenters. The summed E-state index contributed by atoms with van der Waals surface area (Å²) in [5.74, 6) is 0.932. The second-order valence-electron chi connectivity index (χ2n) is 11.8. The zero-order valence-electron chi connectivity index (χ0n) is 24.7.